The molecule has 0 spiro atoms. The highest BCUT2D eigenvalue weighted by Crippen LogP contribution is 2.40. The Hall–Kier alpha value is -1.05. The molecule has 3 fully saturated rings. The first kappa shape index (κ1) is 48.3. The van der Waals surface area contributed by atoms with Gasteiger partial charge in [-0.15, -0.1) is 0 Å². The molecule has 324 valence electrons. The molecule has 18 unspecified atom stereocenters. The molecule has 3 saturated heterocycles. The topological polar surface area (TPSA) is 206 Å². The van der Waals surface area contributed by atoms with E-state index >= 15 is 0 Å². The van der Waals surface area contributed by atoms with Crippen LogP contribution in [0.1, 0.15) is 101 Å². The predicted molar refractivity (Wildman–Crippen MR) is 207 cm³/mol. The maximum absolute atomic E-state index is 14.3. The lowest BCUT2D eigenvalue weighted by Crippen LogP contribution is -2.60. The van der Waals surface area contributed by atoms with Crippen LogP contribution in [0, 0.1) is 17.8 Å². The largest absolute Gasteiger partial charge is 0.459 e. The average molecular weight is 792 g/mol. The number of esters is 1. The zero-order chi connectivity index (χ0) is 41.8. The van der Waals surface area contributed by atoms with Crippen molar-refractivity contribution in [1.29, 1.82) is 0 Å². The Morgan fingerprint density at radius 3 is 2.16 bits per heavy atom. The summed E-state index contributed by atoms with van der Waals surface area (Å²) in [4.78, 5) is 18.3. The number of nitrogens with zero attached hydrogens (tertiary/aromatic N) is 2. The SMILES string of the molecule is CCC1OC(=O)C(C)C(OC2CC(C)(OC)C(O)C(C)O2)C(C)C(OC2OC(C)CC(N(C)C)C2O)C(C)(O)CC(C)CN(CCCN)C(C)C(O)C1(C)O. The van der Waals surface area contributed by atoms with Gasteiger partial charge in [0.15, 0.2) is 12.6 Å². The molecule has 15 nitrogen and oxygen atoms in total. The van der Waals surface area contributed by atoms with Crippen molar-refractivity contribution in [3.05, 3.63) is 0 Å². The molecule has 3 heterocycles. The molecular weight excluding hydrogens is 714 g/mol. The van der Waals surface area contributed by atoms with Crippen molar-refractivity contribution in [2.45, 2.75) is 192 Å². The molecule has 0 aromatic heterocycles. The summed E-state index contributed by atoms with van der Waals surface area (Å²) >= 11 is 0. The van der Waals surface area contributed by atoms with E-state index < -0.39 is 96.0 Å². The molecule has 55 heavy (non-hydrogen) atoms. The molecule has 0 aliphatic carbocycles. The Kier molecular flexibility index (Phi) is 17.4. The van der Waals surface area contributed by atoms with E-state index in [9.17, 15) is 30.3 Å². The number of carbonyl (C=O) groups excluding carboxylic acids is 1. The van der Waals surface area contributed by atoms with Crippen molar-refractivity contribution >= 4 is 5.97 Å². The number of likely N-dealkylation sites (N-methyl/N-ethyl adjacent to an activating group) is 1. The summed E-state index contributed by atoms with van der Waals surface area (Å²) in [6.07, 6.45) is -7.77. The van der Waals surface area contributed by atoms with Gasteiger partial charge >= 0.3 is 5.97 Å². The molecular formula is C40H77N3O12. The van der Waals surface area contributed by atoms with Gasteiger partial charge in [-0.3, -0.25) is 9.69 Å². The van der Waals surface area contributed by atoms with Crippen LogP contribution in [-0.4, -0.2) is 172 Å². The Bertz CT molecular complexity index is 1200. The van der Waals surface area contributed by atoms with E-state index in [2.05, 4.69) is 4.90 Å². The van der Waals surface area contributed by atoms with Crippen molar-refractivity contribution in [1.82, 2.24) is 9.80 Å². The fourth-order valence-electron chi connectivity index (χ4n) is 9.19. The van der Waals surface area contributed by atoms with Crippen LogP contribution in [0.2, 0.25) is 0 Å². The van der Waals surface area contributed by atoms with Gasteiger partial charge in [0.1, 0.15) is 30.0 Å². The zero-order valence-corrected chi connectivity index (χ0v) is 35.9. The van der Waals surface area contributed by atoms with Gasteiger partial charge in [0.2, 0.25) is 0 Å². The quantitative estimate of drug-likeness (QED) is 0.174. The summed E-state index contributed by atoms with van der Waals surface area (Å²) in [6.45, 7) is 19.0. The van der Waals surface area contributed by atoms with Crippen molar-refractivity contribution in [2.24, 2.45) is 23.5 Å². The number of aliphatic hydroxyl groups is 5. The van der Waals surface area contributed by atoms with E-state index in [-0.39, 0.29) is 37.3 Å². The molecule has 7 N–H and O–H groups in total. The molecule has 3 aliphatic rings. The summed E-state index contributed by atoms with van der Waals surface area (Å²) in [5.74, 6) is -2.66. The second-order valence-electron chi connectivity index (χ2n) is 17.9. The highest BCUT2D eigenvalue weighted by Gasteiger charge is 2.52. The van der Waals surface area contributed by atoms with Gasteiger partial charge in [-0.1, -0.05) is 20.8 Å². The van der Waals surface area contributed by atoms with Crippen LogP contribution in [0.5, 0.6) is 0 Å². The van der Waals surface area contributed by atoms with Crippen LogP contribution < -0.4 is 5.73 Å². The molecule has 0 radical (unpaired) electrons. The highest BCUT2D eigenvalue weighted by molar-refractivity contribution is 5.73. The van der Waals surface area contributed by atoms with Crippen LogP contribution >= 0.6 is 0 Å². The zero-order valence-electron chi connectivity index (χ0n) is 35.9. The van der Waals surface area contributed by atoms with Gasteiger partial charge in [0.05, 0.1) is 41.5 Å². The lowest BCUT2D eigenvalue weighted by Gasteiger charge is -2.48. The van der Waals surface area contributed by atoms with Gasteiger partial charge in [-0.2, -0.15) is 0 Å². The summed E-state index contributed by atoms with van der Waals surface area (Å²) in [7, 11) is 5.28. The molecule has 18 atom stereocenters. The fraction of sp³-hybridized carbons (Fsp3) is 0.975. The molecule has 3 rings (SSSR count). The van der Waals surface area contributed by atoms with Crippen molar-refractivity contribution in [3.8, 4) is 0 Å². The molecule has 0 aromatic carbocycles. The molecule has 3 aliphatic heterocycles. The fourth-order valence-corrected chi connectivity index (χ4v) is 9.19. The predicted octanol–water partition coefficient (Wildman–Crippen LogP) is 1.62. The minimum absolute atomic E-state index is 0.125. The Labute approximate surface area is 330 Å². The molecule has 15 heteroatoms. The van der Waals surface area contributed by atoms with Gasteiger partial charge < -0.3 is 64.6 Å². The molecule has 0 saturated carbocycles. The van der Waals surface area contributed by atoms with E-state index in [1.807, 2.05) is 46.7 Å². The first-order valence-electron chi connectivity index (χ1n) is 20.4. The lowest BCUT2D eigenvalue weighted by atomic mass is 9.77. The minimum atomic E-state index is -1.83. The van der Waals surface area contributed by atoms with Gasteiger partial charge in [0.25, 0.3) is 0 Å². The second kappa shape index (κ2) is 19.8. The van der Waals surface area contributed by atoms with Crippen molar-refractivity contribution in [2.75, 3.05) is 40.8 Å². The number of ether oxygens (including phenoxy) is 6. The van der Waals surface area contributed by atoms with Crippen molar-refractivity contribution in [3.63, 3.8) is 0 Å². The Balaban J connectivity index is 2.20. The number of carbonyl (C=O) groups is 1. The number of hydrogen-bond acceptors (Lipinski definition) is 15. The summed E-state index contributed by atoms with van der Waals surface area (Å²) in [6, 6.07) is -0.855. The number of hydrogen-bond donors (Lipinski definition) is 6. The summed E-state index contributed by atoms with van der Waals surface area (Å²) < 4.78 is 37.7. The van der Waals surface area contributed by atoms with E-state index in [1.165, 1.54) is 14.0 Å². The average Bonchev–Trinajstić information content (AvgIpc) is 3.11. The standard InChI is InChI=1S/C40H77N3O12/c1-14-29-40(10,49)33(45)26(6)43(17-15-16-41)21-22(2)19-38(8,48)35(55-37-31(44)28(42(11)12)18-23(3)51-37)24(4)32(25(5)36(47)53-29)54-30-20-39(9,50-13)34(46)27(7)52-30/h22-35,37,44-46,48-49H,14-21,41H2,1-13H3. The third kappa shape index (κ3) is 11.4. The van der Waals surface area contributed by atoms with Crippen LogP contribution in [-0.2, 0) is 33.2 Å². The second-order valence-corrected chi connectivity index (χ2v) is 17.9. The Morgan fingerprint density at radius 1 is 0.964 bits per heavy atom. The summed E-state index contributed by atoms with van der Waals surface area (Å²) in [5.41, 5.74) is 1.47. The minimum Gasteiger partial charge on any atom is -0.459 e. The third-order valence-corrected chi connectivity index (χ3v) is 12.7. The summed E-state index contributed by atoms with van der Waals surface area (Å²) in [5, 5.41) is 58.9. The smallest absolute Gasteiger partial charge is 0.311 e. The van der Waals surface area contributed by atoms with Gasteiger partial charge in [-0.05, 0) is 107 Å². The lowest BCUT2D eigenvalue weighted by molar-refractivity contribution is -0.318. The maximum atomic E-state index is 14.3. The van der Waals surface area contributed by atoms with E-state index in [1.54, 1.807) is 34.6 Å². The normalized spacial score (nSPS) is 47.6. The number of nitrogens with two attached hydrogens (primary N) is 1. The number of rotatable bonds is 10. The van der Waals surface area contributed by atoms with E-state index in [0.717, 1.165) is 0 Å². The van der Waals surface area contributed by atoms with E-state index in [0.29, 0.717) is 32.5 Å². The molecule has 0 amide bonds. The van der Waals surface area contributed by atoms with E-state index in [4.69, 9.17) is 34.2 Å². The van der Waals surface area contributed by atoms with Crippen LogP contribution in [0.3, 0.4) is 0 Å². The van der Waals surface area contributed by atoms with Crippen molar-refractivity contribution < 1.29 is 58.7 Å². The monoisotopic (exact) mass is 792 g/mol. The first-order chi connectivity index (χ1) is 25.4. The number of cyclic esters (lactones) is 1. The van der Waals surface area contributed by atoms with Gasteiger partial charge in [-0.25, -0.2) is 0 Å². The molecule has 0 bridgehead atoms. The van der Waals surface area contributed by atoms with Gasteiger partial charge in [0, 0.05) is 38.1 Å². The third-order valence-electron chi connectivity index (χ3n) is 12.7. The number of methoxy groups -OCH3 is 1. The molecule has 0 aromatic rings. The highest BCUT2D eigenvalue weighted by atomic mass is 16.7. The maximum Gasteiger partial charge on any atom is 0.311 e. The van der Waals surface area contributed by atoms with Crippen LogP contribution in [0.4, 0.5) is 0 Å². The van der Waals surface area contributed by atoms with Crippen LogP contribution in [0.15, 0.2) is 0 Å². The number of aliphatic hydroxyl groups excluding tert-OH is 3. The van der Waals surface area contributed by atoms with Crippen LogP contribution in [0.25, 0.3) is 0 Å². The first-order valence-corrected chi connectivity index (χ1v) is 20.4. The Morgan fingerprint density at radius 2 is 1.60 bits per heavy atom.